The standard InChI is InChI=1S/C10H13N3O3/c1-12(2)10-9(13(14)15)8(5-6-11-10)16-7-3-4-7/h5-7H,3-4H2,1-2H3. The fourth-order valence-electron chi connectivity index (χ4n) is 1.39. The van der Waals surface area contributed by atoms with Gasteiger partial charge in [0.15, 0.2) is 0 Å². The Balaban J connectivity index is 2.41. The van der Waals surface area contributed by atoms with Gasteiger partial charge in [-0.05, 0) is 12.8 Å². The van der Waals surface area contributed by atoms with Crippen LogP contribution in [0.1, 0.15) is 12.8 Å². The van der Waals surface area contributed by atoms with E-state index in [1.54, 1.807) is 25.1 Å². The SMILES string of the molecule is CN(C)c1nccc(OC2CC2)c1[N+](=O)[O-]. The van der Waals surface area contributed by atoms with Crippen LogP contribution in [-0.2, 0) is 0 Å². The van der Waals surface area contributed by atoms with E-state index in [1.165, 1.54) is 6.20 Å². The van der Waals surface area contributed by atoms with Gasteiger partial charge in [-0.15, -0.1) is 0 Å². The van der Waals surface area contributed by atoms with Crippen molar-refractivity contribution in [3.05, 3.63) is 22.4 Å². The van der Waals surface area contributed by atoms with Crippen molar-refractivity contribution in [2.24, 2.45) is 0 Å². The lowest BCUT2D eigenvalue weighted by atomic mass is 10.3. The van der Waals surface area contributed by atoms with Gasteiger partial charge < -0.3 is 9.64 Å². The Morgan fingerprint density at radius 3 is 2.75 bits per heavy atom. The summed E-state index contributed by atoms with van der Waals surface area (Å²) in [7, 11) is 3.44. The topological polar surface area (TPSA) is 68.5 Å². The summed E-state index contributed by atoms with van der Waals surface area (Å²) >= 11 is 0. The third-order valence-electron chi connectivity index (χ3n) is 2.29. The molecule has 1 aliphatic carbocycles. The van der Waals surface area contributed by atoms with Crippen molar-refractivity contribution in [1.29, 1.82) is 0 Å². The van der Waals surface area contributed by atoms with Gasteiger partial charge in [-0.3, -0.25) is 10.1 Å². The highest BCUT2D eigenvalue weighted by atomic mass is 16.6. The first-order valence-electron chi connectivity index (χ1n) is 5.07. The Kier molecular flexibility index (Phi) is 2.64. The van der Waals surface area contributed by atoms with E-state index >= 15 is 0 Å². The number of nitrogens with zero attached hydrogens (tertiary/aromatic N) is 3. The highest BCUT2D eigenvalue weighted by molar-refractivity contribution is 5.64. The number of rotatable bonds is 4. The molecule has 0 radical (unpaired) electrons. The van der Waals surface area contributed by atoms with E-state index in [4.69, 9.17) is 4.74 Å². The predicted molar refractivity (Wildman–Crippen MR) is 58.9 cm³/mol. The summed E-state index contributed by atoms with van der Waals surface area (Å²) in [5.74, 6) is 0.634. The molecule has 6 nitrogen and oxygen atoms in total. The molecular formula is C10H13N3O3. The number of hydrogen-bond acceptors (Lipinski definition) is 5. The summed E-state index contributed by atoms with van der Waals surface area (Å²) in [6.07, 6.45) is 3.60. The molecule has 6 heteroatoms. The lowest BCUT2D eigenvalue weighted by Crippen LogP contribution is -2.14. The van der Waals surface area contributed by atoms with Gasteiger partial charge in [0.05, 0.1) is 11.0 Å². The second kappa shape index (κ2) is 3.96. The molecule has 1 aromatic heterocycles. The van der Waals surface area contributed by atoms with E-state index in [0.29, 0.717) is 11.6 Å². The number of anilines is 1. The van der Waals surface area contributed by atoms with Gasteiger partial charge in [-0.2, -0.15) is 0 Å². The van der Waals surface area contributed by atoms with E-state index in [-0.39, 0.29) is 11.8 Å². The first-order chi connectivity index (χ1) is 7.59. The molecule has 1 fully saturated rings. The molecule has 0 spiro atoms. The molecule has 1 aromatic rings. The van der Waals surface area contributed by atoms with Gasteiger partial charge in [0.1, 0.15) is 0 Å². The van der Waals surface area contributed by atoms with Crippen molar-refractivity contribution in [1.82, 2.24) is 4.98 Å². The van der Waals surface area contributed by atoms with Crippen molar-refractivity contribution in [3.8, 4) is 5.75 Å². The molecule has 86 valence electrons. The molecule has 0 atom stereocenters. The van der Waals surface area contributed by atoms with Crippen LogP contribution in [0.2, 0.25) is 0 Å². The summed E-state index contributed by atoms with van der Waals surface area (Å²) in [6, 6.07) is 1.55. The zero-order chi connectivity index (χ0) is 11.7. The first-order valence-corrected chi connectivity index (χ1v) is 5.07. The fraction of sp³-hybridized carbons (Fsp3) is 0.500. The molecule has 0 N–H and O–H groups in total. The minimum atomic E-state index is -0.444. The highest BCUT2D eigenvalue weighted by Crippen LogP contribution is 2.37. The number of pyridine rings is 1. The van der Waals surface area contributed by atoms with Gasteiger partial charge in [0.2, 0.25) is 11.6 Å². The molecule has 1 aliphatic rings. The van der Waals surface area contributed by atoms with E-state index < -0.39 is 4.92 Å². The Morgan fingerprint density at radius 1 is 1.56 bits per heavy atom. The Bertz CT molecular complexity index is 416. The highest BCUT2D eigenvalue weighted by Gasteiger charge is 2.30. The van der Waals surface area contributed by atoms with Crippen LogP contribution in [-0.4, -0.2) is 30.1 Å². The zero-order valence-corrected chi connectivity index (χ0v) is 9.21. The van der Waals surface area contributed by atoms with Crippen LogP contribution in [0.15, 0.2) is 12.3 Å². The minimum Gasteiger partial charge on any atom is -0.483 e. The summed E-state index contributed by atoms with van der Waals surface area (Å²) in [6.45, 7) is 0. The summed E-state index contributed by atoms with van der Waals surface area (Å²) in [4.78, 5) is 16.2. The normalized spacial score (nSPS) is 14.6. The summed E-state index contributed by atoms with van der Waals surface area (Å²) in [5.41, 5.74) is -0.0561. The van der Waals surface area contributed by atoms with Crippen LogP contribution < -0.4 is 9.64 Å². The number of nitro groups is 1. The van der Waals surface area contributed by atoms with Gasteiger partial charge in [0, 0.05) is 26.4 Å². The molecule has 0 bridgehead atoms. The molecule has 0 aromatic carbocycles. The van der Waals surface area contributed by atoms with Crippen molar-refractivity contribution >= 4 is 11.5 Å². The van der Waals surface area contributed by atoms with E-state index in [2.05, 4.69) is 4.98 Å². The van der Waals surface area contributed by atoms with E-state index in [9.17, 15) is 10.1 Å². The molecule has 0 saturated heterocycles. The monoisotopic (exact) mass is 223 g/mol. The molecule has 16 heavy (non-hydrogen) atoms. The van der Waals surface area contributed by atoms with Crippen molar-refractivity contribution in [3.63, 3.8) is 0 Å². The van der Waals surface area contributed by atoms with Crippen molar-refractivity contribution in [2.75, 3.05) is 19.0 Å². The second-order valence-corrected chi connectivity index (χ2v) is 3.95. The molecule has 1 heterocycles. The van der Waals surface area contributed by atoms with Crippen molar-refractivity contribution in [2.45, 2.75) is 18.9 Å². The molecule has 1 saturated carbocycles. The third kappa shape index (κ3) is 2.05. The molecule has 0 aliphatic heterocycles. The van der Waals surface area contributed by atoms with Gasteiger partial charge in [-0.1, -0.05) is 0 Å². The lowest BCUT2D eigenvalue weighted by molar-refractivity contribution is -0.385. The Hall–Kier alpha value is -1.85. The van der Waals surface area contributed by atoms with Crippen LogP contribution in [0, 0.1) is 10.1 Å². The van der Waals surface area contributed by atoms with Crippen LogP contribution in [0.3, 0.4) is 0 Å². The van der Waals surface area contributed by atoms with Gasteiger partial charge >= 0.3 is 5.69 Å². The maximum atomic E-state index is 11.0. The number of aromatic nitrogens is 1. The second-order valence-electron chi connectivity index (χ2n) is 3.95. The van der Waals surface area contributed by atoms with Crippen LogP contribution in [0.5, 0.6) is 5.75 Å². The zero-order valence-electron chi connectivity index (χ0n) is 9.21. The van der Waals surface area contributed by atoms with E-state index in [1.807, 2.05) is 0 Å². The smallest absolute Gasteiger partial charge is 0.352 e. The quantitative estimate of drug-likeness (QED) is 0.572. The average molecular weight is 223 g/mol. The number of hydrogen-bond donors (Lipinski definition) is 0. The van der Waals surface area contributed by atoms with Crippen LogP contribution >= 0.6 is 0 Å². The largest absolute Gasteiger partial charge is 0.483 e. The average Bonchev–Trinajstić information content (AvgIpc) is 3.00. The summed E-state index contributed by atoms with van der Waals surface area (Å²) < 4.78 is 5.50. The maximum Gasteiger partial charge on any atom is 0.352 e. The predicted octanol–water partition coefficient (Wildman–Crippen LogP) is 1.60. The third-order valence-corrected chi connectivity index (χ3v) is 2.29. The molecule has 0 unspecified atom stereocenters. The van der Waals surface area contributed by atoms with Crippen LogP contribution in [0.4, 0.5) is 11.5 Å². The molecule has 0 amide bonds. The maximum absolute atomic E-state index is 11.0. The summed E-state index contributed by atoms with van der Waals surface area (Å²) in [5, 5.41) is 11.0. The van der Waals surface area contributed by atoms with Gasteiger partial charge in [-0.25, -0.2) is 4.98 Å². The minimum absolute atomic E-state index is 0.0561. The van der Waals surface area contributed by atoms with Gasteiger partial charge in [0.25, 0.3) is 0 Å². The lowest BCUT2D eigenvalue weighted by Gasteiger charge is -2.13. The molecule has 2 rings (SSSR count). The fourth-order valence-corrected chi connectivity index (χ4v) is 1.39. The van der Waals surface area contributed by atoms with Crippen LogP contribution in [0.25, 0.3) is 0 Å². The number of ether oxygens (including phenoxy) is 1. The Labute approximate surface area is 93.0 Å². The molecular weight excluding hydrogens is 210 g/mol. The van der Waals surface area contributed by atoms with E-state index in [0.717, 1.165) is 12.8 Å². The first kappa shape index (κ1) is 10.7. The van der Waals surface area contributed by atoms with Crippen molar-refractivity contribution < 1.29 is 9.66 Å². The Morgan fingerprint density at radius 2 is 2.25 bits per heavy atom.